The Bertz CT molecular complexity index is 471. The first-order valence-corrected chi connectivity index (χ1v) is 4.37. The van der Waals surface area contributed by atoms with Crippen molar-refractivity contribution in [1.29, 1.82) is 0 Å². The zero-order chi connectivity index (χ0) is 10.1. The standard InChI is InChI=1S/C11H11NO2/c1-12(2)11(13)9-3-4-10-8(7-9)5-6-14-10/h3-7H,1-2H3. The van der Waals surface area contributed by atoms with Gasteiger partial charge in [-0.25, -0.2) is 0 Å². The summed E-state index contributed by atoms with van der Waals surface area (Å²) in [5.74, 6) is 0.00750. The fraction of sp³-hybridized carbons (Fsp3) is 0.182. The van der Waals surface area contributed by atoms with E-state index in [0.29, 0.717) is 5.56 Å². The van der Waals surface area contributed by atoms with Crippen LogP contribution in [-0.2, 0) is 0 Å². The summed E-state index contributed by atoms with van der Waals surface area (Å²) in [6.45, 7) is 0. The van der Waals surface area contributed by atoms with Crippen LogP contribution in [0.25, 0.3) is 11.0 Å². The highest BCUT2D eigenvalue weighted by Gasteiger charge is 2.08. The lowest BCUT2D eigenvalue weighted by Gasteiger charge is -2.09. The molecule has 0 unspecified atom stereocenters. The predicted octanol–water partition coefficient (Wildman–Crippen LogP) is 2.13. The molecule has 0 aliphatic rings. The third-order valence-electron chi connectivity index (χ3n) is 2.11. The van der Waals surface area contributed by atoms with E-state index in [1.165, 1.54) is 0 Å². The highest BCUT2D eigenvalue weighted by molar-refractivity contribution is 5.97. The third-order valence-corrected chi connectivity index (χ3v) is 2.11. The Labute approximate surface area is 81.9 Å². The second-order valence-corrected chi connectivity index (χ2v) is 3.37. The highest BCUT2D eigenvalue weighted by Crippen LogP contribution is 2.17. The number of benzene rings is 1. The number of fused-ring (bicyclic) bond motifs is 1. The van der Waals surface area contributed by atoms with E-state index < -0.39 is 0 Å². The Kier molecular flexibility index (Phi) is 2.00. The summed E-state index contributed by atoms with van der Waals surface area (Å²) in [7, 11) is 3.48. The normalized spacial score (nSPS) is 10.4. The molecule has 0 saturated carbocycles. The van der Waals surface area contributed by atoms with Gasteiger partial charge in [-0.1, -0.05) is 0 Å². The average molecular weight is 189 g/mol. The van der Waals surface area contributed by atoms with Crippen LogP contribution in [-0.4, -0.2) is 24.9 Å². The molecule has 1 amide bonds. The van der Waals surface area contributed by atoms with Crippen molar-refractivity contribution < 1.29 is 9.21 Å². The van der Waals surface area contributed by atoms with Gasteiger partial charge in [-0.2, -0.15) is 0 Å². The highest BCUT2D eigenvalue weighted by atomic mass is 16.3. The number of hydrogen-bond acceptors (Lipinski definition) is 2. The minimum absolute atomic E-state index is 0.00750. The van der Waals surface area contributed by atoms with Gasteiger partial charge in [0.15, 0.2) is 0 Å². The van der Waals surface area contributed by atoms with Gasteiger partial charge in [0.1, 0.15) is 5.58 Å². The first-order valence-electron chi connectivity index (χ1n) is 4.37. The summed E-state index contributed by atoms with van der Waals surface area (Å²) in [5, 5.41) is 0.956. The molecule has 72 valence electrons. The molecular weight excluding hydrogens is 178 g/mol. The Morgan fingerprint density at radius 1 is 1.29 bits per heavy atom. The maximum Gasteiger partial charge on any atom is 0.253 e. The van der Waals surface area contributed by atoms with Gasteiger partial charge in [-0.15, -0.1) is 0 Å². The van der Waals surface area contributed by atoms with E-state index in [1.807, 2.05) is 18.2 Å². The molecule has 0 atom stereocenters. The summed E-state index contributed by atoms with van der Waals surface area (Å²) in [4.78, 5) is 13.2. The third kappa shape index (κ3) is 1.37. The number of rotatable bonds is 1. The molecule has 3 heteroatoms. The molecule has 0 fully saturated rings. The van der Waals surface area contributed by atoms with Crippen LogP contribution in [0.2, 0.25) is 0 Å². The van der Waals surface area contributed by atoms with Gasteiger partial charge in [0.25, 0.3) is 5.91 Å². The molecule has 1 aromatic carbocycles. The molecule has 2 rings (SSSR count). The first-order chi connectivity index (χ1) is 6.68. The molecule has 0 bridgehead atoms. The van der Waals surface area contributed by atoms with Crippen LogP contribution >= 0.6 is 0 Å². The Morgan fingerprint density at radius 3 is 2.79 bits per heavy atom. The summed E-state index contributed by atoms with van der Waals surface area (Å²) in [6.07, 6.45) is 1.62. The van der Waals surface area contributed by atoms with Gasteiger partial charge >= 0.3 is 0 Å². The van der Waals surface area contributed by atoms with Crippen LogP contribution in [0.4, 0.5) is 0 Å². The molecule has 0 radical (unpaired) electrons. The Hall–Kier alpha value is -1.77. The summed E-state index contributed by atoms with van der Waals surface area (Å²) in [6, 6.07) is 7.27. The number of nitrogens with zero attached hydrogens (tertiary/aromatic N) is 1. The van der Waals surface area contributed by atoms with E-state index in [9.17, 15) is 4.79 Å². The maximum absolute atomic E-state index is 11.6. The van der Waals surface area contributed by atoms with Gasteiger partial charge in [0.2, 0.25) is 0 Å². The van der Waals surface area contributed by atoms with E-state index in [0.717, 1.165) is 11.0 Å². The Morgan fingerprint density at radius 2 is 2.07 bits per heavy atom. The van der Waals surface area contributed by atoms with E-state index in [1.54, 1.807) is 31.3 Å². The van der Waals surface area contributed by atoms with E-state index >= 15 is 0 Å². The second kappa shape index (κ2) is 3.18. The minimum Gasteiger partial charge on any atom is -0.464 e. The van der Waals surface area contributed by atoms with Crippen LogP contribution in [0.3, 0.4) is 0 Å². The van der Waals surface area contributed by atoms with Crippen LogP contribution in [0, 0.1) is 0 Å². The van der Waals surface area contributed by atoms with Crippen molar-refractivity contribution in [2.75, 3.05) is 14.1 Å². The van der Waals surface area contributed by atoms with Crippen molar-refractivity contribution >= 4 is 16.9 Å². The van der Waals surface area contributed by atoms with Crippen molar-refractivity contribution in [2.24, 2.45) is 0 Å². The lowest BCUT2D eigenvalue weighted by Crippen LogP contribution is -2.21. The zero-order valence-electron chi connectivity index (χ0n) is 8.15. The number of hydrogen-bond donors (Lipinski definition) is 0. The van der Waals surface area contributed by atoms with Crippen molar-refractivity contribution in [3.05, 3.63) is 36.1 Å². The number of amides is 1. The van der Waals surface area contributed by atoms with Crippen molar-refractivity contribution in [3.8, 4) is 0 Å². The molecule has 0 spiro atoms. The largest absolute Gasteiger partial charge is 0.464 e. The topological polar surface area (TPSA) is 33.5 Å². The van der Waals surface area contributed by atoms with E-state index in [-0.39, 0.29) is 5.91 Å². The fourth-order valence-corrected chi connectivity index (χ4v) is 1.36. The van der Waals surface area contributed by atoms with Crippen molar-refractivity contribution in [3.63, 3.8) is 0 Å². The van der Waals surface area contributed by atoms with Gasteiger partial charge in [-0.3, -0.25) is 4.79 Å². The monoisotopic (exact) mass is 189 g/mol. The number of carbonyl (C=O) groups excluding carboxylic acids is 1. The molecule has 0 saturated heterocycles. The predicted molar refractivity (Wildman–Crippen MR) is 54.2 cm³/mol. The number of furan rings is 1. The smallest absolute Gasteiger partial charge is 0.253 e. The molecule has 0 N–H and O–H groups in total. The quantitative estimate of drug-likeness (QED) is 0.688. The average Bonchev–Trinajstić information content (AvgIpc) is 2.62. The van der Waals surface area contributed by atoms with Gasteiger partial charge < -0.3 is 9.32 Å². The molecule has 1 aromatic heterocycles. The van der Waals surface area contributed by atoms with Gasteiger partial charge in [-0.05, 0) is 24.3 Å². The molecule has 1 heterocycles. The maximum atomic E-state index is 11.6. The summed E-state index contributed by atoms with van der Waals surface area (Å²) >= 11 is 0. The van der Waals surface area contributed by atoms with E-state index in [4.69, 9.17) is 4.42 Å². The first kappa shape index (κ1) is 8.81. The van der Waals surface area contributed by atoms with Crippen LogP contribution < -0.4 is 0 Å². The fourth-order valence-electron chi connectivity index (χ4n) is 1.36. The molecule has 2 aromatic rings. The molecule has 3 nitrogen and oxygen atoms in total. The SMILES string of the molecule is CN(C)C(=O)c1ccc2occc2c1. The van der Waals surface area contributed by atoms with Gasteiger partial charge in [0.05, 0.1) is 6.26 Å². The van der Waals surface area contributed by atoms with Crippen LogP contribution in [0.15, 0.2) is 34.9 Å². The van der Waals surface area contributed by atoms with Crippen LogP contribution in [0.5, 0.6) is 0 Å². The lowest BCUT2D eigenvalue weighted by atomic mass is 10.1. The Balaban J connectivity index is 2.48. The minimum atomic E-state index is 0.00750. The second-order valence-electron chi connectivity index (χ2n) is 3.37. The molecule has 0 aliphatic carbocycles. The molecule has 14 heavy (non-hydrogen) atoms. The van der Waals surface area contributed by atoms with Crippen LogP contribution in [0.1, 0.15) is 10.4 Å². The lowest BCUT2D eigenvalue weighted by molar-refractivity contribution is 0.0828. The zero-order valence-corrected chi connectivity index (χ0v) is 8.15. The molecular formula is C11H11NO2. The van der Waals surface area contributed by atoms with Crippen molar-refractivity contribution in [2.45, 2.75) is 0 Å². The van der Waals surface area contributed by atoms with E-state index in [2.05, 4.69) is 0 Å². The number of carbonyl (C=O) groups is 1. The summed E-state index contributed by atoms with van der Waals surface area (Å²) in [5.41, 5.74) is 1.49. The molecule has 0 aliphatic heterocycles. The summed E-state index contributed by atoms with van der Waals surface area (Å²) < 4.78 is 5.19. The van der Waals surface area contributed by atoms with Crippen molar-refractivity contribution in [1.82, 2.24) is 4.90 Å². The van der Waals surface area contributed by atoms with Gasteiger partial charge in [0, 0.05) is 25.0 Å².